The van der Waals surface area contributed by atoms with Crippen molar-refractivity contribution in [3.63, 3.8) is 0 Å². The van der Waals surface area contributed by atoms with Crippen LogP contribution in [0.3, 0.4) is 0 Å². The zero-order valence-corrected chi connectivity index (χ0v) is 8.66. The maximum atomic E-state index is 11.9. The summed E-state index contributed by atoms with van der Waals surface area (Å²) < 4.78 is 1.57. The lowest BCUT2D eigenvalue weighted by Gasteiger charge is -2.11. The van der Waals surface area contributed by atoms with Crippen LogP contribution in [0, 0.1) is 11.3 Å². The van der Waals surface area contributed by atoms with Crippen molar-refractivity contribution in [3.05, 3.63) is 30.4 Å². The summed E-state index contributed by atoms with van der Waals surface area (Å²) in [4.78, 5) is 17.2. The number of hydrogen-bond acceptors (Lipinski definition) is 4. The molecule has 0 fully saturated rings. The third kappa shape index (κ3) is 1.59. The van der Waals surface area contributed by atoms with Gasteiger partial charge in [0.1, 0.15) is 6.54 Å². The molecule has 0 N–H and O–H groups in total. The zero-order chi connectivity index (χ0) is 11.5. The quantitative estimate of drug-likeness (QED) is 0.676. The summed E-state index contributed by atoms with van der Waals surface area (Å²) in [5.41, 5.74) is 1.09. The van der Waals surface area contributed by atoms with Gasteiger partial charge in [-0.2, -0.15) is 10.4 Å². The average molecular weight is 215 g/mol. The van der Waals surface area contributed by atoms with Gasteiger partial charge in [-0.15, -0.1) is 0 Å². The van der Waals surface area contributed by atoms with E-state index in [9.17, 15) is 4.79 Å². The van der Waals surface area contributed by atoms with Crippen LogP contribution in [0.25, 0.3) is 5.52 Å². The average Bonchev–Trinajstić information content (AvgIpc) is 2.72. The Balaban J connectivity index is 2.41. The van der Waals surface area contributed by atoms with Crippen LogP contribution in [0.2, 0.25) is 0 Å². The first-order chi connectivity index (χ1) is 7.74. The van der Waals surface area contributed by atoms with Gasteiger partial charge in [-0.3, -0.25) is 9.78 Å². The summed E-state index contributed by atoms with van der Waals surface area (Å²) in [5.74, 6) is -0.232. The summed E-state index contributed by atoms with van der Waals surface area (Å²) in [5, 5.41) is 12.5. The molecular formula is C10H9N5O. The van der Waals surface area contributed by atoms with Crippen LogP contribution in [0.1, 0.15) is 10.4 Å². The maximum absolute atomic E-state index is 11.9. The van der Waals surface area contributed by atoms with E-state index in [0.29, 0.717) is 11.1 Å². The summed E-state index contributed by atoms with van der Waals surface area (Å²) in [7, 11) is 1.57. The van der Waals surface area contributed by atoms with Crippen LogP contribution in [-0.4, -0.2) is 39.0 Å². The molecule has 2 heterocycles. The van der Waals surface area contributed by atoms with Gasteiger partial charge in [0.15, 0.2) is 0 Å². The highest BCUT2D eigenvalue weighted by atomic mass is 16.2. The summed E-state index contributed by atoms with van der Waals surface area (Å²) >= 11 is 0. The minimum Gasteiger partial charge on any atom is -0.328 e. The molecule has 2 aromatic rings. The lowest BCUT2D eigenvalue weighted by molar-refractivity contribution is 0.0814. The minimum absolute atomic E-state index is 0.0520. The van der Waals surface area contributed by atoms with Crippen molar-refractivity contribution in [1.29, 1.82) is 5.26 Å². The fourth-order valence-electron chi connectivity index (χ4n) is 1.38. The van der Waals surface area contributed by atoms with Gasteiger partial charge in [-0.05, 0) is 0 Å². The molecule has 2 rings (SSSR count). The van der Waals surface area contributed by atoms with Crippen LogP contribution in [0.5, 0.6) is 0 Å². The fraction of sp³-hybridized carbons (Fsp3) is 0.200. The molecule has 0 aliphatic heterocycles. The number of rotatable bonds is 2. The highest BCUT2D eigenvalue weighted by Gasteiger charge is 2.16. The Bertz CT molecular complexity index is 568. The topological polar surface area (TPSA) is 74.3 Å². The molecule has 0 unspecified atom stereocenters. The van der Waals surface area contributed by atoms with E-state index in [1.165, 1.54) is 11.1 Å². The number of fused-ring (bicyclic) bond motifs is 1. The number of amides is 1. The molecule has 0 bridgehead atoms. The number of aromatic nitrogens is 3. The predicted octanol–water partition coefficient (Wildman–Crippen LogP) is 0.325. The van der Waals surface area contributed by atoms with Crippen molar-refractivity contribution in [2.45, 2.75) is 0 Å². The third-order valence-electron chi connectivity index (χ3n) is 2.21. The molecule has 0 aliphatic rings. The van der Waals surface area contributed by atoms with Crippen LogP contribution in [0.4, 0.5) is 0 Å². The molecule has 0 aliphatic carbocycles. The van der Waals surface area contributed by atoms with Crippen molar-refractivity contribution in [1.82, 2.24) is 19.5 Å². The lowest BCUT2D eigenvalue weighted by Crippen LogP contribution is -2.26. The molecule has 1 amide bonds. The molecule has 0 saturated carbocycles. The Hall–Kier alpha value is -2.42. The number of carbonyl (C=O) groups excluding carboxylic acids is 1. The van der Waals surface area contributed by atoms with Gasteiger partial charge >= 0.3 is 0 Å². The van der Waals surface area contributed by atoms with Gasteiger partial charge in [-0.25, -0.2) is 4.52 Å². The second-order valence-electron chi connectivity index (χ2n) is 3.28. The number of nitriles is 1. The molecular weight excluding hydrogens is 206 g/mol. The van der Waals surface area contributed by atoms with E-state index in [1.54, 1.807) is 30.2 Å². The van der Waals surface area contributed by atoms with E-state index in [4.69, 9.17) is 5.26 Å². The van der Waals surface area contributed by atoms with Gasteiger partial charge in [0, 0.05) is 19.4 Å². The standard InChI is InChI=1S/C10H9N5O/c1-14(4-2-11)10(16)8-6-13-15-5-3-12-7-9(8)15/h3,5-7H,4H2,1H3. The largest absolute Gasteiger partial charge is 0.328 e. The SMILES string of the molecule is CN(CC#N)C(=O)c1cnn2ccncc12. The zero-order valence-electron chi connectivity index (χ0n) is 8.66. The van der Waals surface area contributed by atoms with E-state index in [-0.39, 0.29) is 12.5 Å². The maximum Gasteiger partial charge on any atom is 0.258 e. The van der Waals surface area contributed by atoms with E-state index >= 15 is 0 Å². The highest BCUT2D eigenvalue weighted by molar-refractivity contribution is 6.00. The first kappa shape index (κ1) is 10.1. The van der Waals surface area contributed by atoms with Crippen LogP contribution in [-0.2, 0) is 0 Å². The van der Waals surface area contributed by atoms with Gasteiger partial charge in [0.05, 0.1) is 29.5 Å². The van der Waals surface area contributed by atoms with Crippen molar-refractivity contribution >= 4 is 11.4 Å². The molecule has 80 valence electrons. The van der Waals surface area contributed by atoms with Crippen molar-refractivity contribution in [3.8, 4) is 6.07 Å². The van der Waals surface area contributed by atoms with Crippen LogP contribution in [0.15, 0.2) is 24.8 Å². The van der Waals surface area contributed by atoms with Crippen molar-refractivity contribution < 1.29 is 4.79 Å². The monoisotopic (exact) mass is 215 g/mol. The second kappa shape index (κ2) is 3.98. The smallest absolute Gasteiger partial charge is 0.258 e. The second-order valence-corrected chi connectivity index (χ2v) is 3.28. The minimum atomic E-state index is -0.232. The van der Waals surface area contributed by atoms with Crippen LogP contribution < -0.4 is 0 Å². The van der Waals surface area contributed by atoms with Gasteiger partial charge in [0.2, 0.25) is 0 Å². The van der Waals surface area contributed by atoms with Gasteiger partial charge in [-0.1, -0.05) is 0 Å². The Morgan fingerprint density at radius 1 is 1.62 bits per heavy atom. The van der Waals surface area contributed by atoms with Crippen molar-refractivity contribution in [2.75, 3.05) is 13.6 Å². The summed E-state index contributed by atoms with van der Waals surface area (Å²) in [6, 6.07) is 1.92. The summed E-state index contributed by atoms with van der Waals surface area (Å²) in [6.07, 6.45) is 6.30. The molecule has 0 atom stereocenters. The Kier molecular flexibility index (Phi) is 2.52. The molecule has 2 aromatic heterocycles. The lowest BCUT2D eigenvalue weighted by atomic mass is 10.2. The van der Waals surface area contributed by atoms with E-state index in [2.05, 4.69) is 10.1 Å². The van der Waals surface area contributed by atoms with E-state index in [0.717, 1.165) is 0 Å². The Labute approximate surface area is 91.7 Å². The first-order valence-electron chi connectivity index (χ1n) is 4.64. The Morgan fingerprint density at radius 3 is 3.19 bits per heavy atom. The Morgan fingerprint density at radius 2 is 2.44 bits per heavy atom. The number of carbonyl (C=O) groups is 1. The number of hydrogen-bond donors (Lipinski definition) is 0. The van der Waals surface area contributed by atoms with Gasteiger partial charge < -0.3 is 4.90 Å². The summed E-state index contributed by atoms with van der Waals surface area (Å²) in [6.45, 7) is 0.0520. The molecule has 0 saturated heterocycles. The van der Waals surface area contributed by atoms with Crippen LogP contribution >= 0.6 is 0 Å². The highest BCUT2D eigenvalue weighted by Crippen LogP contribution is 2.10. The van der Waals surface area contributed by atoms with Gasteiger partial charge in [0.25, 0.3) is 5.91 Å². The molecule has 0 aromatic carbocycles. The fourth-order valence-corrected chi connectivity index (χ4v) is 1.38. The van der Waals surface area contributed by atoms with E-state index in [1.807, 2.05) is 6.07 Å². The molecule has 16 heavy (non-hydrogen) atoms. The normalized spacial score (nSPS) is 10.0. The van der Waals surface area contributed by atoms with E-state index < -0.39 is 0 Å². The first-order valence-corrected chi connectivity index (χ1v) is 4.64. The number of nitrogens with zero attached hydrogens (tertiary/aromatic N) is 5. The molecule has 0 radical (unpaired) electrons. The third-order valence-corrected chi connectivity index (χ3v) is 2.21. The van der Waals surface area contributed by atoms with Crippen molar-refractivity contribution in [2.24, 2.45) is 0 Å². The molecule has 0 spiro atoms. The molecule has 6 heteroatoms. The molecule has 6 nitrogen and oxygen atoms in total. The predicted molar refractivity (Wildman–Crippen MR) is 55.6 cm³/mol.